The summed E-state index contributed by atoms with van der Waals surface area (Å²) >= 11 is 0. The number of sulfone groups is 1. The smallest absolute Gasteiger partial charge is 0.237 e. The molecule has 9 heteroatoms. The molecule has 4 aliphatic rings. The van der Waals surface area contributed by atoms with E-state index in [-0.39, 0.29) is 28.9 Å². The topological polar surface area (TPSA) is 87.0 Å². The van der Waals surface area contributed by atoms with Crippen molar-refractivity contribution in [1.82, 2.24) is 14.8 Å². The van der Waals surface area contributed by atoms with Crippen LogP contribution < -0.4 is 4.90 Å². The van der Waals surface area contributed by atoms with E-state index in [4.69, 9.17) is 4.42 Å². The highest BCUT2D eigenvalue weighted by Gasteiger charge is 2.35. The maximum absolute atomic E-state index is 13.6. The summed E-state index contributed by atoms with van der Waals surface area (Å²) in [6, 6.07) is 11.6. The first-order valence-corrected chi connectivity index (χ1v) is 14.2. The van der Waals surface area contributed by atoms with Crippen LogP contribution in [0.2, 0.25) is 0 Å². The van der Waals surface area contributed by atoms with E-state index in [2.05, 4.69) is 52.9 Å². The van der Waals surface area contributed by atoms with Gasteiger partial charge in [0.25, 0.3) is 0 Å². The zero-order valence-corrected chi connectivity index (χ0v) is 21.7. The maximum atomic E-state index is 13.6. The fourth-order valence-corrected chi connectivity index (χ4v) is 5.96. The highest BCUT2D eigenvalue weighted by molar-refractivity contribution is 7.90. The number of amides is 1. The van der Waals surface area contributed by atoms with Crippen LogP contribution in [0.5, 0.6) is 0 Å². The lowest BCUT2D eigenvalue weighted by atomic mass is 9.99. The number of carbonyl (C=O) groups is 1. The van der Waals surface area contributed by atoms with E-state index < -0.39 is 9.84 Å². The third-order valence-corrected chi connectivity index (χ3v) is 8.38. The minimum absolute atomic E-state index is 0.0457. The molecule has 1 amide bonds. The van der Waals surface area contributed by atoms with Crippen LogP contribution in [0.15, 0.2) is 70.3 Å². The molecule has 1 aliphatic carbocycles. The van der Waals surface area contributed by atoms with Crippen molar-refractivity contribution < 1.29 is 17.6 Å². The van der Waals surface area contributed by atoms with E-state index in [0.717, 1.165) is 29.1 Å². The van der Waals surface area contributed by atoms with Crippen LogP contribution in [0.4, 0.5) is 5.82 Å². The fourth-order valence-electron chi connectivity index (χ4n) is 5.40. The number of rotatable bonds is 5. The first-order chi connectivity index (χ1) is 17.2. The van der Waals surface area contributed by atoms with Crippen LogP contribution in [0, 0.1) is 0 Å². The number of fused-ring (bicyclic) bond motifs is 1. The Morgan fingerprint density at radius 2 is 1.86 bits per heavy atom. The fraction of sp³-hybridized carbons (Fsp3) is 0.407. The van der Waals surface area contributed by atoms with E-state index in [0.29, 0.717) is 26.2 Å². The second-order valence-corrected chi connectivity index (χ2v) is 11.9. The van der Waals surface area contributed by atoms with Crippen LogP contribution >= 0.6 is 0 Å². The molecule has 1 unspecified atom stereocenters. The standard InChI is InChI=1S/C27H32N4O4S/c1-19-16-29(25-12-10-22(15-28-25)36(3,33)34)17-20(2)31(19)18-26(32)30-13-5-4-8-24(30)23-11-9-21-7-6-14-35-27(21)23/h4-7,9-12,14-15,19-20,24H,8,13,16-18H2,1-3H3/t19-,20+,24?. The number of pyridine rings is 1. The van der Waals surface area contributed by atoms with Crippen molar-refractivity contribution in [2.24, 2.45) is 0 Å². The lowest BCUT2D eigenvalue weighted by Gasteiger charge is -2.45. The lowest BCUT2D eigenvalue weighted by Crippen LogP contribution is -2.59. The zero-order valence-electron chi connectivity index (χ0n) is 20.9. The molecule has 3 aliphatic heterocycles. The predicted octanol–water partition coefficient (Wildman–Crippen LogP) is 3.61. The molecule has 36 heavy (non-hydrogen) atoms. The Labute approximate surface area is 212 Å². The molecule has 4 heterocycles. The summed E-state index contributed by atoms with van der Waals surface area (Å²) in [5.41, 5.74) is 2.10. The number of hydrogen-bond donors (Lipinski definition) is 0. The van der Waals surface area contributed by atoms with Gasteiger partial charge in [-0.1, -0.05) is 24.3 Å². The summed E-state index contributed by atoms with van der Waals surface area (Å²) in [5, 5.41) is 0. The Bertz CT molecular complexity index is 1320. The quantitative estimate of drug-likeness (QED) is 0.487. The molecule has 1 fully saturated rings. The van der Waals surface area contributed by atoms with E-state index in [9.17, 15) is 13.2 Å². The van der Waals surface area contributed by atoms with Crippen molar-refractivity contribution >= 4 is 21.6 Å². The first-order valence-electron chi connectivity index (χ1n) is 12.3. The second-order valence-electron chi connectivity index (χ2n) is 9.85. The SMILES string of the molecule is C[C@@H]1CN(c2ccc(S(C)(=O)=O)cn2)C[C@H](C)N1CC(=O)N1CC=CCC1c1ccc2cccoc1-2. The van der Waals surface area contributed by atoms with E-state index in [1.54, 1.807) is 18.4 Å². The average molecular weight is 509 g/mol. The molecule has 3 atom stereocenters. The van der Waals surface area contributed by atoms with Crippen LogP contribution in [0.3, 0.4) is 0 Å². The maximum Gasteiger partial charge on any atom is 0.237 e. The molecule has 0 N–H and O–H groups in total. The predicted molar refractivity (Wildman–Crippen MR) is 139 cm³/mol. The highest BCUT2D eigenvalue weighted by atomic mass is 32.2. The molecule has 1 aromatic rings. The van der Waals surface area contributed by atoms with E-state index in [1.165, 1.54) is 12.5 Å². The molecule has 0 aromatic carbocycles. The Kier molecular flexibility index (Phi) is 6.61. The summed E-state index contributed by atoms with van der Waals surface area (Å²) in [6.45, 7) is 6.59. The molecule has 8 nitrogen and oxygen atoms in total. The molecular formula is C27H32N4O4S. The van der Waals surface area contributed by atoms with Crippen LogP contribution in [-0.2, 0) is 14.6 Å². The second kappa shape index (κ2) is 9.71. The van der Waals surface area contributed by atoms with Gasteiger partial charge in [-0.25, -0.2) is 13.4 Å². The lowest BCUT2D eigenvalue weighted by molar-refractivity contribution is -0.136. The van der Waals surface area contributed by atoms with Gasteiger partial charge in [-0.3, -0.25) is 9.69 Å². The van der Waals surface area contributed by atoms with E-state index >= 15 is 0 Å². The molecule has 0 radical (unpaired) electrons. The van der Waals surface area contributed by atoms with Gasteiger partial charge in [-0.2, -0.15) is 0 Å². The van der Waals surface area contributed by atoms with Crippen molar-refractivity contribution in [3.05, 3.63) is 66.6 Å². The normalized spacial score (nSPS) is 23.4. The van der Waals surface area contributed by atoms with Gasteiger partial charge >= 0.3 is 0 Å². The molecule has 5 rings (SSSR count). The molecule has 1 saturated heterocycles. The number of piperazine rings is 1. The van der Waals surface area contributed by atoms with Crippen LogP contribution in [-0.4, -0.2) is 73.6 Å². The average Bonchev–Trinajstić information content (AvgIpc) is 3.29. The summed E-state index contributed by atoms with van der Waals surface area (Å²) in [4.78, 5) is 24.6. The summed E-state index contributed by atoms with van der Waals surface area (Å²) in [5.74, 6) is 1.71. The van der Waals surface area contributed by atoms with Gasteiger partial charge in [0.15, 0.2) is 9.84 Å². The largest absolute Gasteiger partial charge is 0.464 e. The van der Waals surface area contributed by atoms with Crippen LogP contribution in [0.1, 0.15) is 31.9 Å². The molecule has 1 aromatic heterocycles. The summed E-state index contributed by atoms with van der Waals surface area (Å²) in [7, 11) is -3.28. The van der Waals surface area contributed by atoms with Gasteiger partial charge in [0.2, 0.25) is 5.91 Å². The Morgan fingerprint density at radius 1 is 1.08 bits per heavy atom. The van der Waals surface area contributed by atoms with E-state index in [1.807, 2.05) is 17.0 Å². The minimum atomic E-state index is -3.28. The first kappa shape index (κ1) is 24.5. The summed E-state index contributed by atoms with van der Waals surface area (Å²) in [6.07, 6.45) is 9.25. The van der Waals surface area contributed by atoms with Crippen molar-refractivity contribution in [2.75, 3.05) is 37.3 Å². The highest BCUT2D eigenvalue weighted by Crippen LogP contribution is 2.38. The van der Waals surface area contributed by atoms with Gasteiger partial charge in [-0.15, -0.1) is 0 Å². The number of anilines is 1. The Balaban J connectivity index is 1.28. The summed E-state index contributed by atoms with van der Waals surface area (Å²) < 4.78 is 29.3. The van der Waals surface area contributed by atoms with Crippen molar-refractivity contribution in [2.45, 2.75) is 43.3 Å². The minimum Gasteiger partial charge on any atom is -0.464 e. The third kappa shape index (κ3) is 4.77. The third-order valence-electron chi connectivity index (χ3n) is 7.28. The zero-order chi connectivity index (χ0) is 25.4. The van der Waals surface area contributed by atoms with Gasteiger partial charge < -0.3 is 14.2 Å². The monoisotopic (exact) mass is 508 g/mol. The molecule has 0 bridgehead atoms. The van der Waals surface area contributed by atoms with Gasteiger partial charge in [-0.05, 0) is 44.5 Å². The molecular weight excluding hydrogens is 476 g/mol. The number of nitrogens with zero attached hydrogens (tertiary/aromatic N) is 4. The number of carbonyl (C=O) groups excluding carboxylic acids is 1. The van der Waals surface area contributed by atoms with Crippen molar-refractivity contribution in [1.29, 1.82) is 0 Å². The van der Waals surface area contributed by atoms with Gasteiger partial charge in [0, 0.05) is 55.3 Å². The Hall–Kier alpha value is -3.17. The molecule has 0 saturated carbocycles. The van der Waals surface area contributed by atoms with Gasteiger partial charge in [0.05, 0.1) is 23.7 Å². The Morgan fingerprint density at radius 3 is 2.56 bits per heavy atom. The van der Waals surface area contributed by atoms with Crippen molar-refractivity contribution in [3.63, 3.8) is 0 Å². The van der Waals surface area contributed by atoms with Crippen LogP contribution in [0.25, 0.3) is 11.3 Å². The van der Waals surface area contributed by atoms with Gasteiger partial charge in [0.1, 0.15) is 11.6 Å². The number of hydrogen-bond acceptors (Lipinski definition) is 7. The number of aromatic nitrogens is 1. The van der Waals surface area contributed by atoms with Crippen molar-refractivity contribution in [3.8, 4) is 11.3 Å². The molecule has 0 spiro atoms. The molecule has 190 valence electrons.